The minimum Gasteiger partial charge on any atom is -0.466 e. The van der Waals surface area contributed by atoms with Gasteiger partial charge in [-0.2, -0.15) is 0 Å². The van der Waals surface area contributed by atoms with Gasteiger partial charge in [0.1, 0.15) is 0 Å². The van der Waals surface area contributed by atoms with Crippen LogP contribution < -0.4 is 0 Å². The molecule has 0 aliphatic rings. The molecular weight excluding hydrogens is 220 g/mol. The van der Waals surface area contributed by atoms with Crippen LogP contribution in [0.5, 0.6) is 0 Å². The molecule has 1 N–H and O–H groups in total. The zero-order valence-corrected chi connectivity index (χ0v) is 11.5. The van der Waals surface area contributed by atoms with Crippen molar-refractivity contribution in [2.45, 2.75) is 52.6 Å². The van der Waals surface area contributed by atoms with Crippen molar-refractivity contribution in [2.75, 3.05) is 20.3 Å². The average Bonchev–Trinajstić information content (AvgIpc) is 2.23. The highest BCUT2D eigenvalue weighted by Gasteiger charge is 2.24. The zero-order valence-electron chi connectivity index (χ0n) is 11.5. The van der Waals surface area contributed by atoms with E-state index in [4.69, 9.17) is 14.6 Å². The number of carbonyl (C=O) groups excluding carboxylic acids is 1. The maximum Gasteiger partial charge on any atom is 0.306 e. The van der Waals surface area contributed by atoms with Crippen LogP contribution in [0.3, 0.4) is 0 Å². The number of methoxy groups -OCH3 is 1. The molecule has 0 fully saturated rings. The molecule has 4 nitrogen and oxygen atoms in total. The highest BCUT2D eigenvalue weighted by molar-refractivity contribution is 5.70. The van der Waals surface area contributed by atoms with E-state index in [0.29, 0.717) is 19.4 Å². The smallest absolute Gasteiger partial charge is 0.306 e. The molecule has 0 radical (unpaired) electrons. The summed E-state index contributed by atoms with van der Waals surface area (Å²) in [6, 6.07) is 0. The van der Waals surface area contributed by atoms with E-state index < -0.39 is 0 Å². The van der Waals surface area contributed by atoms with E-state index in [0.717, 1.165) is 12.8 Å². The molecule has 0 aliphatic carbocycles. The maximum atomic E-state index is 11.4. The van der Waals surface area contributed by atoms with E-state index in [9.17, 15) is 4.79 Å². The first kappa shape index (κ1) is 16.4. The van der Waals surface area contributed by atoms with Gasteiger partial charge in [-0.05, 0) is 31.6 Å². The Bertz CT molecular complexity index is 213. The Hall–Kier alpha value is -0.610. The maximum absolute atomic E-state index is 11.4. The van der Waals surface area contributed by atoms with E-state index in [1.165, 1.54) is 0 Å². The summed E-state index contributed by atoms with van der Waals surface area (Å²) in [5.74, 6) is -0.145. The van der Waals surface area contributed by atoms with Gasteiger partial charge in [0.05, 0.1) is 19.1 Å². The number of carbonyl (C=O) groups is 1. The quantitative estimate of drug-likeness (QED) is 0.633. The molecule has 17 heavy (non-hydrogen) atoms. The molecule has 0 aromatic heterocycles. The summed E-state index contributed by atoms with van der Waals surface area (Å²) in [4.78, 5) is 11.4. The molecule has 0 saturated heterocycles. The van der Waals surface area contributed by atoms with E-state index in [1.807, 2.05) is 6.92 Å². The SMILES string of the molecule is CCOC(=O)CC(C)(C)CCC(CCO)OC. The predicted octanol–water partition coefficient (Wildman–Crippen LogP) is 2.14. The standard InChI is InChI=1S/C13H26O4/c1-5-17-12(15)10-13(2,3)8-6-11(16-4)7-9-14/h11,14H,5-10H2,1-4H3. The Morgan fingerprint density at radius 1 is 1.35 bits per heavy atom. The Morgan fingerprint density at radius 3 is 2.47 bits per heavy atom. The van der Waals surface area contributed by atoms with Crippen molar-refractivity contribution in [3.63, 3.8) is 0 Å². The Kier molecular flexibility index (Phi) is 8.17. The molecule has 0 aromatic rings. The first-order valence-electron chi connectivity index (χ1n) is 6.24. The molecule has 0 aliphatic heterocycles. The molecule has 1 unspecified atom stereocenters. The molecule has 0 amide bonds. The molecule has 0 aromatic carbocycles. The molecule has 1 atom stereocenters. The first-order chi connectivity index (χ1) is 7.95. The second-order valence-electron chi connectivity index (χ2n) is 5.05. The lowest BCUT2D eigenvalue weighted by Crippen LogP contribution is -2.22. The average molecular weight is 246 g/mol. The monoisotopic (exact) mass is 246 g/mol. The summed E-state index contributed by atoms with van der Waals surface area (Å²) in [5, 5.41) is 8.86. The molecule has 0 spiro atoms. The Morgan fingerprint density at radius 2 is 2.00 bits per heavy atom. The number of hydrogen-bond acceptors (Lipinski definition) is 4. The first-order valence-corrected chi connectivity index (χ1v) is 6.24. The molecular formula is C13H26O4. The lowest BCUT2D eigenvalue weighted by atomic mass is 9.83. The molecule has 4 heteroatoms. The summed E-state index contributed by atoms with van der Waals surface area (Å²) in [7, 11) is 1.65. The lowest BCUT2D eigenvalue weighted by Gasteiger charge is -2.25. The van der Waals surface area contributed by atoms with Crippen molar-refractivity contribution in [3.05, 3.63) is 0 Å². The normalized spacial score (nSPS) is 13.5. The van der Waals surface area contributed by atoms with E-state index in [1.54, 1.807) is 7.11 Å². The fraction of sp³-hybridized carbons (Fsp3) is 0.923. The van der Waals surface area contributed by atoms with Crippen molar-refractivity contribution in [2.24, 2.45) is 5.41 Å². The van der Waals surface area contributed by atoms with E-state index >= 15 is 0 Å². The van der Waals surface area contributed by atoms with Gasteiger partial charge in [0, 0.05) is 13.7 Å². The number of rotatable bonds is 9. The molecule has 0 rings (SSSR count). The van der Waals surface area contributed by atoms with E-state index in [2.05, 4.69) is 13.8 Å². The summed E-state index contributed by atoms with van der Waals surface area (Å²) in [6.07, 6.45) is 2.87. The van der Waals surface area contributed by atoms with Crippen molar-refractivity contribution < 1.29 is 19.4 Å². The summed E-state index contributed by atoms with van der Waals surface area (Å²) in [5.41, 5.74) is -0.0848. The number of aliphatic hydroxyl groups is 1. The van der Waals surface area contributed by atoms with Gasteiger partial charge in [-0.3, -0.25) is 4.79 Å². The Labute approximate surface area is 104 Å². The highest BCUT2D eigenvalue weighted by Crippen LogP contribution is 2.28. The third-order valence-corrected chi connectivity index (χ3v) is 2.86. The number of esters is 1. The van der Waals surface area contributed by atoms with Crippen LogP contribution in [0.1, 0.15) is 46.5 Å². The van der Waals surface area contributed by atoms with Crippen LogP contribution in [0.4, 0.5) is 0 Å². The van der Waals surface area contributed by atoms with Crippen LogP contribution in [0.15, 0.2) is 0 Å². The summed E-state index contributed by atoms with van der Waals surface area (Å²) >= 11 is 0. The van der Waals surface area contributed by atoms with Crippen LogP contribution in [0.2, 0.25) is 0 Å². The van der Waals surface area contributed by atoms with Crippen LogP contribution in [-0.4, -0.2) is 37.5 Å². The molecule has 0 bridgehead atoms. The fourth-order valence-corrected chi connectivity index (χ4v) is 1.77. The van der Waals surface area contributed by atoms with Gasteiger partial charge in [0.2, 0.25) is 0 Å². The molecule has 102 valence electrons. The molecule has 0 heterocycles. The third kappa shape index (κ3) is 8.16. The van der Waals surface area contributed by atoms with Gasteiger partial charge in [-0.15, -0.1) is 0 Å². The van der Waals surface area contributed by atoms with E-state index in [-0.39, 0.29) is 24.1 Å². The number of ether oxygens (including phenoxy) is 2. The van der Waals surface area contributed by atoms with Crippen LogP contribution >= 0.6 is 0 Å². The fourth-order valence-electron chi connectivity index (χ4n) is 1.77. The van der Waals surface area contributed by atoms with Gasteiger partial charge in [-0.25, -0.2) is 0 Å². The van der Waals surface area contributed by atoms with Crippen LogP contribution in [0.25, 0.3) is 0 Å². The number of hydrogen-bond donors (Lipinski definition) is 1. The van der Waals surface area contributed by atoms with Crippen molar-refractivity contribution >= 4 is 5.97 Å². The van der Waals surface area contributed by atoms with Crippen LogP contribution in [-0.2, 0) is 14.3 Å². The van der Waals surface area contributed by atoms with Crippen LogP contribution in [0, 0.1) is 5.41 Å². The molecule has 0 saturated carbocycles. The van der Waals surface area contributed by atoms with Gasteiger partial charge < -0.3 is 14.6 Å². The van der Waals surface area contributed by atoms with Gasteiger partial charge in [-0.1, -0.05) is 13.8 Å². The highest BCUT2D eigenvalue weighted by atomic mass is 16.5. The summed E-state index contributed by atoms with van der Waals surface area (Å²) in [6.45, 7) is 6.48. The largest absolute Gasteiger partial charge is 0.466 e. The van der Waals surface area contributed by atoms with Crippen molar-refractivity contribution in [1.29, 1.82) is 0 Å². The van der Waals surface area contributed by atoms with Gasteiger partial charge in [0.25, 0.3) is 0 Å². The third-order valence-electron chi connectivity index (χ3n) is 2.86. The number of aliphatic hydroxyl groups excluding tert-OH is 1. The van der Waals surface area contributed by atoms with Gasteiger partial charge >= 0.3 is 5.97 Å². The topological polar surface area (TPSA) is 55.8 Å². The zero-order chi connectivity index (χ0) is 13.3. The lowest BCUT2D eigenvalue weighted by molar-refractivity contribution is -0.145. The Balaban J connectivity index is 4.02. The predicted molar refractivity (Wildman–Crippen MR) is 66.8 cm³/mol. The second-order valence-corrected chi connectivity index (χ2v) is 5.05. The van der Waals surface area contributed by atoms with Crippen molar-refractivity contribution in [1.82, 2.24) is 0 Å². The van der Waals surface area contributed by atoms with Crippen molar-refractivity contribution in [3.8, 4) is 0 Å². The second kappa shape index (κ2) is 8.48. The minimum absolute atomic E-state index is 0.0708. The minimum atomic E-state index is -0.145. The van der Waals surface area contributed by atoms with Gasteiger partial charge in [0.15, 0.2) is 0 Å². The summed E-state index contributed by atoms with van der Waals surface area (Å²) < 4.78 is 10.2.